The zero-order chi connectivity index (χ0) is 17.6. The van der Waals surface area contributed by atoms with Gasteiger partial charge in [-0.2, -0.15) is 0 Å². The first-order valence-corrected chi connectivity index (χ1v) is 8.03. The van der Waals surface area contributed by atoms with Crippen LogP contribution in [-0.2, 0) is 4.79 Å². The fourth-order valence-corrected chi connectivity index (χ4v) is 2.64. The van der Waals surface area contributed by atoms with Crippen molar-refractivity contribution in [3.8, 4) is 5.75 Å². The van der Waals surface area contributed by atoms with Gasteiger partial charge in [0, 0.05) is 29.2 Å². The van der Waals surface area contributed by atoms with Gasteiger partial charge in [0.25, 0.3) is 0 Å². The average molecular weight is 329 g/mol. The number of rotatable bonds is 5. The Morgan fingerprint density at radius 3 is 2.20 bits per heavy atom. The second-order valence-corrected chi connectivity index (χ2v) is 5.63. The monoisotopic (exact) mass is 329 g/mol. The first-order valence-electron chi connectivity index (χ1n) is 8.03. The van der Waals surface area contributed by atoms with Crippen LogP contribution in [0.5, 0.6) is 5.75 Å². The molecule has 0 aliphatic carbocycles. The minimum Gasteiger partial charge on any atom is -0.423 e. The van der Waals surface area contributed by atoms with Crippen LogP contribution in [0.2, 0.25) is 0 Å². The van der Waals surface area contributed by atoms with Gasteiger partial charge in [-0.25, -0.2) is 4.79 Å². The Labute approximate surface area is 147 Å². The van der Waals surface area contributed by atoms with Crippen molar-refractivity contribution >= 4 is 23.0 Å². The van der Waals surface area contributed by atoms with E-state index in [4.69, 9.17) is 4.74 Å². The molecule has 0 amide bonds. The van der Waals surface area contributed by atoms with Crippen LogP contribution in [0.1, 0.15) is 5.56 Å². The highest BCUT2D eigenvalue weighted by Crippen LogP contribution is 2.36. The normalized spacial score (nSPS) is 10.1. The Balaban J connectivity index is 2.08. The van der Waals surface area contributed by atoms with E-state index in [2.05, 4.69) is 36.6 Å². The molecule has 0 spiro atoms. The molecule has 3 aromatic rings. The van der Waals surface area contributed by atoms with Gasteiger partial charge in [0.15, 0.2) is 0 Å². The van der Waals surface area contributed by atoms with E-state index in [1.165, 1.54) is 5.56 Å². The molecule has 0 bridgehead atoms. The van der Waals surface area contributed by atoms with Crippen molar-refractivity contribution in [2.45, 2.75) is 6.92 Å². The van der Waals surface area contributed by atoms with Gasteiger partial charge in [0.05, 0.1) is 0 Å². The number of ether oxygens (including phenoxy) is 1. The Bertz CT molecular complexity index is 887. The molecule has 0 radical (unpaired) electrons. The van der Waals surface area contributed by atoms with E-state index in [0.717, 1.165) is 23.1 Å². The van der Waals surface area contributed by atoms with Crippen LogP contribution in [0, 0.1) is 6.92 Å². The molecule has 3 heteroatoms. The molecule has 124 valence electrons. The molecule has 3 nitrogen and oxygen atoms in total. The maximum atomic E-state index is 11.5. The Kier molecular flexibility index (Phi) is 4.95. The molecule has 0 aliphatic rings. The van der Waals surface area contributed by atoms with Crippen molar-refractivity contribution in [2.75, 3.05) is 4.90 Å². The number of esters is 1. The van der Waals surface area contributed by atoms with E-state index >= 15 is 0 Å². The summed E-state index contributed by atoms with van der Waals surface area (Å²) in [5.74, 6) is 0.00921. The molecule has 3 rings (SSSR count). The van der Waals surface area contributed by atoms with E-state index in [1.807, 2.05) is 54.6 Å². The summed E-state index contributed by atoms with van der Waals surface area (Å²) < 4.78 is 5.27. The molecule has 0 aromatic heterocycles. The van der Waals surface area contributed by atoms with Crippen LogP contribution in [-0.4, -0.2) is 5.97 Å². The van der Waals surface area contributed by atoms with E-state index < -0.39 is 5.97 Å². The first kappa shape index (κ1) is 16.5. The van der Waals surface area contributed by atoms with Gasteiger partial charge < -0.3 is 9.64 Å². The minimum absolute atomic E-state index is 0.473. The highest BCUT2D eigenvalue weighted by molar-refractivity contribution is 5.84. The zero-order valence-corrected chi connectivity index (χ0v) is 14.1. The van der Waals surface area contributed by atoms with Crippen LogP contribution in [0.3, 0.4) is 0 Å². The number of carbonyl (C=O) groups excluding carboxylic acids is 1. The van der Waals surface area contributed by atoms with Gasteiger partial charge in [0.2, 0.25) is 0 Å². The van der Waals surface area contributed by atoms with Crippen molar-refractivity contribution in [2.24, 2.45) is 0 Å². The highest BCUT2D eigenvalue weighted by Gasteiger charge is 2.13. The highest BCUT2D eigenvalue weighted by atomic mass is 16.5. The van der Waals surface area contributed by atoms with E-state index in [-0.39, 0.29) is 0 Å². The van der Waals surface area contributed by atoms with Crippen LogP contribution >= 0.6 is 0 Å². The molecule has 0 unspecified atom stereocenters. The molecule has 0 heterocycles. The van der Waals surface area contributed by atoms with Gasteiger partial charge in [-0.05, 0) is 48.9 Å². The van der Waals surface area contributed by atoms with Crippen molar-refractivity contribution in [1.82, 2.24) is 0 Å². The molecule has 0 saturated carbocycles. The lowest BCUT2D eigenvalue weighted by atomic mass is 10.1. The SMILES string of the molecule is C=CC(=O)Oc1cccc(N(c2ccccc2)c2cccc(C)c2)c1. The number of benzene rings is 3. The van der Waals surface area contributed by atoms with Crippen LogP contribution in [0.4, 0.5) is 17.1 Å². The zero-order valence-electron chi connectivity index (χ0n) is 14.1. The second kappa shape index (κ2) is 7.49. The number of anilines is 3. The first-order chi connectivity index (χ1) is 12.2. The number of para-hydroxylation sites is 1. The number of nitrogens with zero attached hydrogens (tertiary/aromatic N) is 1. The van der Waals surface area contributed by atoms with Crippen LogP contribution < -0.4 is 9.64 Å². The maximum Gasteiger partial charge on any atom is 0.335 e. The van der Waals surface area contributed by atoms with E-state index in [1.54, 1.807) is 6.07 Å². The van der Waals surface area contributed by atoms with Crippen LogP contribution in [0.25, 0.3) is 0 Å². The Morgan fingerprint density at radius 1 is 0.880 bits per heavy atom. The molecular weight excluding hydrogens is 310 g/mol. The minimum atomic E-state index is -0.473. The number of aryl methyl sites for hydroxylation is 1. The lowest BCUT2D eigenvalue weighted by Gasteiger charge is -2.26. The maximum absolute atomic E-state index is 11.5. The summed E-state index contributed by atoms with van der Waals surface area (Å²) in [6.07, 6.45) is 1.15. The molecule has 0 saturated heterocycles. The lowest BCUT2D eigenvalue weighted by molar-refractivity contribution is -0.128. The summed E-state index contributed by atoms with van der Waals surface area (Å²) in [7, 11) is 0. The van der Waals surface area contributed by atoms with E-state index in [0.29, 0.717) is 5.75 Å². The third-order valence-corrected chi connectivity index (χ3v) is 3.74. The summed E-state index contributed by atoms with van der Waals surface area (Å²) in [6.45, 7) is 5.50. The summed E-state index contributed by atoms with van der Waals surface area (Å²) >= 11 is 0. The lowest BCUT2D eigenvalue weighted by Crippen LogP contribution is -2.10. The molecule has 3 aromatic carbocycles. The molecule has 25 heavy (non-hydrogen) atoms. The quantitative estimate of drug-likeness (QED) is 0.349. The fraction of sp³-hybridized carbons (Fsp3) is 0.0455. The van der Waals surface area contributed by atoms with Crippen molar-refractivity contribution < 1.29 is 9.53 Å². The predicted octanol–water partition coefficient (Wildman–Crippen LogP) is 5.56. The number of carbonyl (C=O) groups is 1. The average Bonchev–Trinajstić information content (AvgIpc) is 2.63. The number of hydrogen-bond donors (Lipinski definition) is 0. The molecule has 0 aliphatic heterocycles. The Hall–Kier alpha value is -3.33. The van der Waals surface area contributed by atoms with Crippen molar-refractivity contribution in [1.29, 1.82) is 0 Å². The van der Waals surface area contributed by atoms with Gasteiger partial charge in [-0.3, -0.25) is 0 Å². The van der Waals surface area contributed by atoms with Gasteiger partial charge in [-0.1, -0.05) is 43.0 Å². The second-order valence-electron chi connectivity index (χ2n) is 5.63. The number of hydrogen-bond acceptors (Lipinski definition) is 3. The Morgan fingerprint density at radius 2 is 1.52 bits per heavy atom. The molecule has 0 atom stereocenters. The largest absolute Gasteiger partial charge is 0.423 e. The van der Waals surface area contributed by atoms with Crippen molar-refractivity contribution in [3.05, 3.63) is 97.1 Å². The third-order valence-electron chi connectivity index (χ3n) is 3.74. The smallest absolute Gasteiger partial charge is 0.335 e. The molecule has 0 N–H and O–H groups in total. The summed E-state index contributed by atoms with van der Waals surface area (Å²) in [6, 6.07) is 25.8. The summed E-state index contributed by atoms with van der Waals surface area (Å²) in [5.41, 5.74) is 4.15. The molecule has 0 fully saturated rings. The summed E-state index contributed by atoms with van der Waals surface area (Å²) in [5, 5.41) is 0. The van der Waals surface area contributed by atoms with Crippen LogP contribution in [0.15, 0.2) is 91.5 Å². The predicted molar refractivity (Wildman–Crippen MR) is 102 cm³/mol. The van der Waals surface area contributed by atoms with Gasteiger partial charge in [-0.15, -0.1) is 0 Å². The van der Waals surface area contributed by atoms with Gasteiger partial charge >= 0.3 is 5.97 Å². The van der Waals surface area contributed by atoms with Gasteiger partial charge in [0.1, 0.15) is 5.75 Å². The van der Waals surface area contributed by atoms with Crippen molar-refractivity contribution in [3.63, 3.8) is 0 Å². The topological polar surface area (TPSA) is 29.5 Å². The fourth-order valence-electron chi connectivity index (χ4n) is 2.64. The third kappa shape index (κ3) is 3.96. The van der Waals surface area contributed by atoms with E-state index in [9.17, 15) is 4.79 Å². The molecular formula is C22H19NO2. The summed E-state index contributed by atoms with van der Waals surface area (Å²) in [4.78, 5) is 13.6. The standard InChI is InChI=1S/C22H19NO2/c1-3-22(24)25-21-14-8-13-20(16-21)23(18-10-5-4-6-11-18)19-12-7-9-17(2)15-19/h3-16H,1H2,2H3.